The predicted molar refractivity (Wildman–Crippen MR) is 127 cm³/mol. The molecule has 2 aromatic carbocycles. The van der Waals surface area contributed by atoms with Crippen LogP contribution in [0.15, 0.2) is 77.8 Å². The SMILES string of the molecule is CC1=CNC(Nc2ccc(-n3cnc(C)c3)cc2)=NC1(N)c1cccc(C(C)(C)C)c1. The first-order chi connectivity index (χ1) is 14.6. The van der Waals surface area contributed by atoms with Crippen molar-refractivity contribution >= 4 is 11.6 Å². The van der Waals surface area contributed by atoms with Crippen LogP contribution in [0.3, 0.4) is 0 Å². The number of hydrogen-bond acceptors (Lipinski definition) is 5. The van der Waals surface area contributed by atoms with Crippen LogP contribution in [-0.2, 0) is 11.1 Å². The zero-order chi connectivity index (χ0) is 22.2. The molecular formula is C25H30N6. The Labute approximate surface area is 183 Å². The predicted octanol–water partition coefficient (Wildman–Crippen LogP) is 4.56. The first-order valence-corrected chi connectivity index (χ1v) is 10.5. The molecule has 4 N–H and O–H groups in total. The number of nitrogens with two attached hydrogens (primary N) is 1. The minimum Gasteiger partial charge on any atom is -0.333 e. The Hall–Kier alpha value is -3.38. The van der Waals surface area contributed by atoms with Crippen LogP contribution in [0, 0.1) is 6.92 Å². The van der Waals surface area contributed by atoms with Gasteiger partial charge in [-0.2, -0.15) is 0 Å². The lowest BCUT2D eigenvalue weighted by Gasteiger charge is -2.32. The molecule has 6 nitrogen and oxygen atoms in total. The number of aliphatic imine (C=N–C) groups is 1. The van der Waals surface area contributed by atoms with E-state index in [1.54, 1.807) is 0 Å². The molecule has 0 amide bonds. The Morgan fingerprint density at radius 2 is 1.81 bits per heavy atom. The number of benzene rings is 2. The van der Waals surface area contributed by atoms with Crippen LogP contribution < -0.4 is 16.4 Å². The van der Waals surface area contributed by atoms with E-state index < -0.39 is 5.66 Å². The van der Waals surface area contributed by atoms with Gasteiger partial charge in [0.25, 0.3) is 0 Å². The largest absolute Gasteiger partial charge is 0.333 e. The maximum absolute atomic E-state index is 6.84. The van der Waals surface area contributed by atoms with E-state index in [1.807, 2.05) is 67.5 Å². The molecule has 2 heterocycles. The number of anilines is 1. The molecule has 1 aliphatic heterocycles. The van der Waals surface area contributed by atoms with Crippen LogP contribution in [0.25, 0.3) is 5.69 Å². The smallest absolute Gasteiger partial charge is 0.202 e. The second kappa shape index (κ2) is 7.71. The number of imidazole rings is 1. The molecule has 160 valence electrons. The molecule has 0 spiro atoms. The van der Waals surface area contributed by atoms with Crippen molar-refractivity contribution in [2.75, 3.05) is 5.32 Å². The molecule has 0 bridgehead atoms. The average molecular weight is 415 g/mol. The summed E-state index contributed by atoms with van der Waals surface area (Å²) in [5, 5.41) is 6.56. The van der Waals surface area contributed by atoms with Crippen LogP contribution in [0.4, 0.5) is 5.69 Å². The number of rotatable bonds is 3. The van der Waals surface area contributed by atoms with Crippen molar-refractivity contribution in [3.63, 3.8) is 0 Å². The summed E-state index contributed by atoms with van der Waals surface area (Å²) >= 11 is 0. The molecular weight excluding hydrogens is 384 g/mol. The topological polar surface area (TPSA) is 80.3 Å². The number of hydrogen-bond donors (Lipinski definition) is 3. The zero-order valence-electron chi connectivity index (χ0n) is 18.8. The summed E-state index contributed by atoms with van der Waals surface area (Å²) in [5.41, 5.74) is 12.1. The van der Waals surface area contributed by atoms with E-state index in [0.29, 0.717) is 5.96 Å². The molecule has 3 aromatic rings. The highest BCUT2D eigenvalue weighted by Gasteiger charge is 2.33. The van der Waals surface area contributed by atoms with Gasteiger partial charge in [0.15, 0.2) is 5.66 Å². The van der Waals surface area contributed by atoms with Crippen LogP contribution in [0.2, 0.25) is 0 Å². The maximum Gasteiger partial charge on any atom is 0.202 e. The van der Waals surface area contributed by atoms with Crippen molar-refractivity contribution < 1.29 is 0 Å². The minimum absolute atomic E-state index is 0.0389. The van der Waals surface area contributed by atoms with Gasteiger partial charge in [-0.3, -0.25) is 5.73 Å². The quantitative estimate of drug-likeness (QED) is 0.587. The van der Waals surface area contributed by atoms with E-state index in [-0.39, 0.29) is 5.41 Å². The number of guanidine groups is 1. The number of nitrogens with zero attached hydrogens (tertiary/aromatic N) is 3. The van der Waals surface area contributed by atoms with Crippen LogP contribution in [0.1, 0.15) is 44.5 Å². The third kappa shape index (κ3) is 4.25. The highest BCUT2D eigenvalue weighted by atomic mass is 15.2. The minimum atomic E-state index is -0.927. The second-order valence-electron chi connectivity index (χ2n) is 9.12. The molecule has 6 heteroatoms. The zero-order valence-corrected chi connectivity index (χ0v) is 18.8. The highest BCUT2D eigenvalue weighted by molar-refractivity contribution is 5.95. The van der Waals surface area contributed by atoms with Crippen molar-refractivity contribution in [1.82, 2.24) is 14.9 Å². The number of aryl methyl sites for hydroxylation is 1. The van der Waals surface area contributed by atoms with Gasteiger partial charge < -0.3 is 15.2 Å². The summed E-state index contributed by atoms with van der Waals surface area (Å²) in [4.78, 5) is 9.14. The summed E-state index contributed by atoms with van der Waals surface area (Å²) in [7, 11) is 0. The molecule has 0 fully saturated rings. The summed E-state index contributed by atoms with van der Waals surface area (Å²) in [6, 6.07) is 16.5. The van der Waals surface area contributed by atoms with Crippen molar-refractivity contribution in [2.24, 2.45) is 10.7 Å². The van der Waals surface area contributed by atoms with Gasteiger partial charge in [0.1, 0.15) is 0 Å². The Kier molecular flexibility index (Phi) is 5.19. The van der Waals surface area contributed by atoms with Crippen molar-refractivity contribution in [2.45, 2.75) is 45.7 Å². The third-order valence-corrected chi connectivity index (χ3v) is 5.62. The fourth-order valence-electron chi connectivity index (χ4n) is 3.58. The lowest BCUT2D eigenvalue weighted by Crippen LogP contribution is -2.44. The van der Waals surface area contributed by atoms with E-state index in [0.717, 1.165) is 28.2 Å². The van der Waals surface area contributed by atoms with E-state index in [2.05, 4.69) is 54.6 Å². The van der Waals surface area contributed by atoms with Crippen LogP contribution >= 0.6 is 0 Å². The molecule has 0 radical (unpaired) electrons. The fourth-order valence-corrected chi connectivity index (χ4v) is 3.58. The lowest BCUT2D eigenvalue weighted by atomic mass is 9.83. The summed E-state index contributed by atoms with van der Waals surface area (Å²) < 4.78 is 1.99. The number of nitrogens with one attached hydrogen (secondary N) is 2. The Bertz CT molecular complexity index is 1150. The molecule has 0 aliphatic carbocycles. The highest BCUT2D eigenvalue weighted by Crippen LogP contribution is 2.33. The van der Waals surface area contributed by atoms with Crippen molar-refractivity contribution in [3.8, 4) is 5.69 Å². The molecule has 0 saturated carbocycles. The second-order valence-corrected chi connectivity index (χ2v) is 9.12. The van der Waals surface area contributed by atoms with Crippen LogP contribution in [-0.4, -0.2) is 15.5 Å². The van der Waals surface area contributed by atoms with E-state index in [4.69, 9.17) is 10.7 Å². The van der Waals surface area contributed by atoms with E-state index in [9.17, 15) is 0 Å². The summed E-state index contributed by atoms with van der Waals surface area (Å²) in [6.07, 6.45) is 5.73. The Balaban J connectivity index is 1.59. The fraction of sp³-hybridized carbons (Fsp3) is 0.280. The lowest BCUT2D eigenvalue weighted by molar-refractivity contribution is 0.535. The maximum atomic E-state index is 6.84. The summed E-state index contributed by atoms with van der Waals surface area (Å²) in [5.74, 6) is 0.612. The van der Waals surface area contributed by atoms with Gasteiger partial charge in [-0.1, -0.05) is 45.0 Å². The Morgan fingerprint density at radius 3 is 2.45 bits per heavy atom. The molecule has 4 rings (SSSR count). The van der Waals surface area contributed by atoms with Crippen molar-refractivity contribution in [3.05, 3.63) is 89.6 Å². The van der Waals surface area contributed by atoms with Gasteiger partial charge in [0.2, 0.25) is 5.96 Å². The molecule has 1 atom stereocenters. The normalized spacial score (nSPS) is 18.8. The van der Waals surface area contributed by atoms with Gasteiger partial charge in [-0.05, 0) is 60.2 Å². The first kappa shape index (κ1) is 20.9. The van der Waals surface area contributed by atoms with Gasteiger partial charge in [0, 0.05) is 23.8 Å². The van der Waals surface area contributed by atoms with E-state index in [1.165, 1.54) is 5.56 Å². The van der Waals surface area contributed by atoms with Gasteiger partial charge in [-0.15, -0.1) is 0 Å². The average Bonchev–Trinajstić information content (AvgIpc) is 3.17. The third-order valence-electron chi connectivity index (χ3n) is 5.62. The molecule has 1 aromatic heterocycles. The molecule has 1 aliphatic rings. The van der Waals surface area contributed by atoms with Crippen molar-refractivity contribution in [1.29, 1.82) is 0 Å². The summed E-state index contributed by atoms with van der Waals surface area (Å²) in [6.45, 7) is 10.6. The molecule has 31 heavy (non-hydrogen) atoms. The monoisotopic (exact) mass is 414 g/mol. The Morgan fingerprint density at radius 1 is 1.06 bits per heavy atom. The molecule has 1 unspecified atom stereocenters. The van der Waals surface area contributed by atoms with Crippen LogP contribution in [0.5, 0.6) is 0 Å². The van der Waals surface area contributed by atoms with Gasteiger partial charge in [-0.25, -0.2) is 9.98 Å². The number of aromatic nitrogens is 2. The van der Waals surface area contributed by atoms with E-state index >= 15 is 0 Å². The van der Waals surface area contributed by atoms with Gasteiger partial charge >= 0.3 is 0 Å². The first-order valence-electron chi connectivity index (χ1n) is 10.5. The molecule has 0 saturated heterocycles. The standard InChI is InChI=1S/C25H30N6/c1-17-14-27-23(29-21-9-11-22(12-10-21)31-15-18(2)28-16-31)30-25(17,26)20-8-6-7-19(13-20)24(3,4)5/h6-16H,26H2,1-5H3,(H2,27,29,30). The van der Waals surface area contributed by atoms with Gasteiger partial charge in [0.05, 0.1) is 12.0 Å².